The van der Waals surface area contributed by atoms with Gasteiger partial charge in [0.15, 0.2) is 0 Å². The third kappa shape index (κ3) is 2.01. The number of hydrogen-bond acceptors (Lipinski definition) is 2. The van der Waals surface area contributed by atoms with Crippen molar-refractivity contribution in [1.82, 2.24) is 9.78 Å². The highest BCUT2D eigenvalue weighted by atomic mass is 15.3. The summed E-state index contributed by atoms with van der Waals surface area (Å²) in [6, 6.07) is 0.588. The molecule has 1 saturated carbocycles. The molecule has 0 amide bonds. The van der Waals surface area contributed by atoms with Crippen LogP contribution in [0, 0.1) is 12.8 Å². The number of nitrogens with two attached hydrogens (primary N) is 1. The Labute approximate surface area is 91.7 Å². The minimum atomic E-state index is 0.588. The lowest BCUT2D eigenvalue weighted by Crippen LogP contribution is -2.19. The van der Waals surface area contributed by atoms with Gasteiger partial charge >= 0.3 is 0 Å². The fourth-order valence-electron chi connectivity index (χ4n) is 2.60. The molecule has 2 rings (SSSR count). The Balaban J connectivity index is 2.04. The molecule has 2 N–H and O–H groups in total. The summed E-state index contributed by atoms with van der Waals surface area (Å²) in [6.45, 7) is 4.36. The minimum Gasteiger partial charge on any atom is -0.396 e. The third-order valence-corrected chi connectivity index (χ3v) is 3.82. The van der Waals surface area contributed by atoms with Gasteiger partial charge in [0.25, 0.3) is 0 Å². The van der Waals surface area contributed by atoms with Gasteiger partial charge in [0.2, 0.25) is 0 Å². The Bertz CT molecular complexity index is 322. The Hall–Kier alpha value is -0.990. The molecular weight excluding hydrogens is 186 g/mol. The van der Waals surface area contributed by atoms with E-state index in [1.54, 1.807) is 6.20 Å². The Morgan fingerprint density at radius 3 is 2.53 bits per heavy atom. The average molecular weight is 207 g/mol. The fraction of sp³-hybridized carbons (Fsp3) is 0.750. The van der Waals surface area contributed by atoms with Crippen LogP contribution in [0.2, 0.25) is 0 Å². The molecule has 1 aliphatic rings. The summed E-state index contributed by atoms with van der Waals surface area (Å²) >= 11 is 0. The molecule has 0 atom stereocenters. The van der Waals surface area contributed by atoms with Crippen molar-refractivity contribution >= 4 is 5.69 Å². The van der Waals surface area contributed by atoms with E-state index in [1.165, 1.54) is 32.1 Å². The lowest BCUT2D eigenvalue weighted by Gasteiger charge is -2.28. The van der Waals surface area contributed by atoms with Crippen LogP contribution in [-0.4, -0.2) is 9.78 Å². The quantitative estimate of drug-likeness (QED) is 0.810. The summed E-state index contributed by atoms with van der Waals surface area (Å²) in [5, 5.41) is 4.38. The van der Waals surface area contributed by atoms with Gasteiger partial charge in [0.05, 0.1) is 23.6 Å². The van der Waals surface area contributed by atoms with E-state index in [4.69, 9.17) is 5.73 Å². The van der Waals surface area contributed by atoms with Crippen LogP contribution >= 0.6 is 0 Å². The van der Waals surface area contributed by atoms with E-state index < -0.39 is 0 Å². The largest absolute Gasteiger partial charge is 0.396 e. The van der Waals surface area contributed by atoms with E-state index in [2.05, 4.69) is 23.6 Å². The van der Waals surface area contributed by atoms with Gasteiger partial charge in [-0.25, -0.2) is 0 Å². The summed E-state index contributed by atoms with van der Waals surface area (Å²) in [6.07, 6.45) is 8.33. The predicted octanol–water partition coefficient (Wildman–Crippen LogP) is 2.92. The maximum atomic E-state index is 5.82. The summed E-state index contributed by atoms with van der Waals surface area (Å²) in [4.78, 5) is 0. The molecule has 1 fully saturated rings. The van der Waals surface area contributed by atoms with Crippen LogP contribution in [0.3, 0.4) is 0 Å². The normalized spacial score (nSPS) is 26.8. The Morgan fingerprint density at radius 2 is 2.07 bits per heavy atom. The number of rotatable bonds is 2. The molecule has 0 radical (unpaired) electrons. The first-order chi connectivity index (χ1) is 7.22. The van der Waals surface area contributed by atoms with E-state index in [0.717, 1.165) is 17.3 Å². The molecule has 1 aromatic heterocycles. The van der Waals surface area contributed by atoms with E-state index in [1.807, 2.05) is 0 Å². The lowest BCUT2D eigenvalue weighted by molar-refractivity contribution is 0.254. The standard InChI is InChI=1S/C12H21N3/c1-3-10-4-6-11(7-5-10)15-9(2)12(13)8-14-15/h8,10-11H,3-7,13H2,1-2H3. The van der Waals surface area contributed by atoms with Crippen LogP contribution in [-0.2, 0) is 0 Å². The zero-order valence-corrected chi connectivity index (χ0v) is 9.74. The van der Waals surface area contributed by atoms with Gasteiger partial charge in [-0.1, -0.05) is 13.3 Å². The smallest absolute Gasteiger partial charge is 0.0730 e. The van der Waals surface area contributed by atoms with Crippen molar-refractivity contribution in [1.29, 1.82) is 0 Å². The fourth-order valence-corrected chi connectivity index (χ4v) is 2.60. The summed E-state index contributed by atoms with van der Waals surface area (Å²) < 4.78 is 2.13. The number of anilines is 1. The molecule has 3 heteroatoms. The van der Waals surface area contributed by atoms with Crippen molar-refractivity contribution in [2.45, 2.75) is 52.0 Å². The van der Waals surface area contributed by atoms with Gasteiger partial charge in [-0.05, 0) is 38.5 Å². The summed E-state index contributed by atoms with van der Waals surface area (Å²) in [7, 11) is 0. The number of nitrogens with zero attached hydrogens (tertiary/aromatic N) is 2. The van der Waals surface area contributed by atoms with Crippen molar-refractivity contribution in [2.75, 3.05) is 5.73 Å². The van der Waals surface area contributed by atoms with Crippen molar-refractivity contribution in [3.8, 4) is 0 Å². The molecule has 84 valence electrons. The first-order valence-electron chi connectivity index (χ1n) is 6.02. The second-order valence-electron chi connectivity index (χ2n) is 4.71. The first kappa shape index (κ1) is 10.5. The van der Waals surface area contributed by atoms with Crippen LogP contribution in [0.4, 0.5) is 5.69 Å². The maximum absolute atomic E-state index is 5.82. The van der Waals surface area contributed by atoms with E-state index in [-0.39, 0.29) is 0 Å². The second kappa shape index (κ2) is 4.25. The highest BCUT2D eigenvalue weighted by Crippen LogP contribution is 2.34. The molecule has 1 aromatic rings. The van der Waals surface area contributed by atoms with Crippen LogP contribution in [0.5, 0.6) is 0 Å². The van der Waals surface area contributed by atoms with E-state index in [0.29, 0.717) is 6.04 Å². The zero-order valence-electron chi connectivity index (χ0n) is 9.74. The Morgan fingerprint density at radius 1 is 1.40 bits per heavy atom. The lowest BCUT2D eigenvalue weighted by atomic mass is 9.84. The first-order valence-corrected chi connectivity index (χ1v) is 6.02. The van der Waals surface area contributed by atoms with Crippen molar-refractivity contribution in [3.05, 3.63) is 11.9 Å². The molecular formula is C12H21N3. The van der Waals surface area contributed by atoms with Gasteiger partial charge in [-0.15, -0.1) is 0 Å². The molecule has 15 heavy (non-hydrogen) atoms. The molecule has 0 aliphatic heterocycles. The van der Waals surface area contributed by atoms with Gasteiger partial charge in [-0.3, -0.25) is 4.68 Å². The van der Waals surface area contributed by atoms with Crippen LogP contribution in [0.25, 0.3) is 0 Å². The second-order valence-corrected chi connectivity index (χ2v) is 4.71. The molecule has 1 aliphatic carbocycles. The monoisotopic (exact) mass is 207 g/mol. The van der Waals surface area contributed by atoms with E-state index >= 15 is 0 Å². The summed E-state index contributed by atoms with van der Waals surface area (Å²) in [5.41, 5.74) is 7.78. The van der Waals surface area contributed by atoms with Gasteiger partial charge in [0, 0.05) is 0 Å². The summed E-state index contributed by atoms with van der Waals surface area (Å²) in [5.74, 6) is 0.939. The molecule has 0 bridgehead atoms. The van der Waals surface area contributed by atoms with Gasteiger partial charge in [-0.2, -0.15) is 5.10 Å². The highest BCUT2D eigenvalue weighted by Gasteiger charge is 2.22. The van der Waals surface area contributed by atoms with Gasteiger partial charge in [0.1, 0.15) is 0 Å². The molecule has 0 spiro atoms. The van der Waals surface area contributed by atoms with E-state index in [9.17, 15) is 0 Å². The van der Waals surface area contributed by atoms with Gasteiger partial charge < -0.3 is 5.73 Å². The molecule has 0 aromatic carbocycles. The molecule has 0 unspecified atom stereocenters. The molecule has 0 saturated heterocycles. The van der Waals surface area contributed by atoms with Crippen molar-refractivity contribution in [2.24, 2.45) is 5.92 Å². The number of aromatic nitrogens is 2. The Kier molecular flexibility index (Phi) is 2.98. The highest BCUT2D eigenvalue weighted by molar-refractivity contribution is 5.39. The predicted molar refractivity (Wildman–Crippen MR) is 62.7 cm³/mol. The average Bonchev–Trinajstić information content (AvgIpc) is 2.60. The molecule has 3 nitrogen and oxygen atoms in total. The minimum absolute atomic E-state index is 0.588. The van der Waals surface area contributed by atoms with Crippen molar-refractivity contribution < 1.29 is 0 Å². The van der Waals surface area contributed by atoms with Crippen LogP contribution < -0.4 is 5.73 Å². The van der Waals surface area contributed by atoms with Crippen molar-refractivity contribution in [3.63, 3.8) is 0 Å². The maximum Gasteiger partial charge on any atom is 0.0730 e. The van der Waals surface area contributed by atoms with Crippen LogP contribution in [0.15, 0.2) is 6.20 Å². The molecule has 1 heterocycles. The third-order valence-electron chi connectivity index (χ3n) is 3.82. The zero-order chi connectivity index (χ0) is 10.8. The topological polar surface area (TPSA) is 43.8 Å². The number of nitrogen functional groups attached to an aromatic ring is 1. The number of hydrogen-bond donors (Lipinski definition) is 1. The SMILES string of the molecule is CCC1CCC(n2ncc(N)c2C)CC1. The van der Waals surface area contributed by atoms with Crippen LogP contribution in [0.1, 0.15) is 50.8 Å².